The van der Waals surface area contributed by atoms with Gasteiger partial charge in [-0.2, -0.15) is 0 Å². The molecule has 1 aromatic heterocycles. The number of benzene rings is 2. The number of hydrogen-bond acceptors (Lipinski definition) is 4. The average molecular weight is 458 g/mol. The second kappa shape index (κ2) is 9.34. The van der Waals surface area contributed by atoms with Crippen LogP contribution in [0.15, 0.2) is 30.3 Å². The van der Waals surface area contributed by atoms with Crippen molar-refractivity contribution in [3.8, 4) is 0 Å². The molecule has 29 heavy (non-hydrogen) atoms. The SMILES string of the molecule is CCN(CC)CCN(C(=O)c1ccc(Cl)cc1Cl)c1nc2c(F)cc(F)cc2s1. The Balaban J connectivity index is 2.02. The fourth-order valence-electron chi connectivity index (χ4n) is 2.93. The van der Waals surface area contributed by atoms with Gasteiger partial charge in [0.15, 0.2) is 10.9 Å². The smallest absolute Gasteiger partial charge is 0.261 e. The Kier molecular flexibility index (Phi) is 7.05. The molecular formula is C20H19Cl2F2N3OS. The van der Waals surface area contributed by atoms with Crippen LogP contribution in [0.3, 0.4) is 0 Å². The van der Waals surface area contributed by atoms with Gasteiger partial charge in [0.2, 0.25) is 0 Å². The Morgan fingerprint density at radius 3 is 2.48 bits per heavy atom. The average Bonchev–Trinajstić information content (AvgIpc) is 3.09. The van der Waals surface area contributed by atoms with Crippen molar-refractivity contribution in [3.05, 3.63) is 57.6 Å². The van der Waals surface area contributed by atoms with Crippen LogP contribution in [0.5, 0.6) is 0 Å². The fraction of sp³-hybridized carbons (Fsp3) is 0.300. The van der Waals surface area contributed by atoms with Gasteiger partial charge in [0, 0.05) is 24.2 Å². The number of carbonyl (C=O) groups excluding carboxylic acids is 1. The van der Waals surface area contributed by atoms with E-state index in [2.05, 4.69) is 9.88 Å². The third-order valence-electron chi connectivity index (χ3n) is 4.57. The minimum Gasteiger partial charge on any atom is -0.302 e. The van der Waals surface area contributed by atoms with Crippen molar-refractivity contribution in [2.24, 2.45) is 0 Å². The Morgan fingerprint density at radius 2 is 1.83 bits per heavy atom. The zero-order valence-electron chi connectivity index (χ0n) is 15.9. The van der Waals surface area contributed by atoms with Gasteiger partial charge in [-0.05, 0) is 37.4 Å². The lowest BCUT2D eigenvalue weighted by molar-refractivity contribution is 0.0984. The molecular weight excluding hydrogens is 439 g/mol. The van der Waals surface area contributed by atoms with Crippen LogP contribution in [0, 0.1) is 11.6 Å². The van der Waals surface area contributed by atoms with E-state index in [-0.39, 0.29) is 27.1 Å². The normalized spacial score (nSPS) is 11.4. The number of rotatable bonds is 7. The van der Waals surface area contributed by atoms with Crippen molar-refractivity contribution in [1.29, 1.82) is 0 Å². The van der Waals surface area contributed by atoms with E-state index in [0.717, 1.165) is 30.5 Å². The summed E-state index contributed by atoms with van der Waals surface area (Å²) in [5.41, 5.74) is 0.302. The number of hydrogen-bond donors (Lipinski definition) is 0. The second-order valence-electron chi connectivity index (χ2n) is 6.34. The Morgan fingerprint density at radius 1 is 1.10 bits per heavy atom. The molecule has 4 nitrogen and oxygen atoms in total. The van der Waals surface area contributed by atoms with Crippen molar-refractivity contribution in [2.75, 3.05) is 31.1 Å². The minimum absolute atomic E-state index is 0.0363. The van der Waals surface area contributed by atoms with Gasteiger partial charge in [-0.3, -0.25) is 9.69 Å². The second-order valence-corrected chi connectivity index (χ2v) is 8.19. The molecule has 1 amide bonds. The summed E-state index contributed by atoms with van der Waals surface area (Å²) in [7, 11) is 0. The lowest BCUT2D eigenvalue weighted by Gasteiger charge is -2.25. The van der Waals surface area contributed by atoms with Gasteiger partial charge in [-0.1, -0.05) is 48.4 Å². The van der Waals surface area contributed by atoms with Crippen LogP contribution in [-0.2, 0) is 0 Å². The van der Waals surface area contributed by atoms with E-state index in [1.165, 1.54) is 17.0 Å². The van der Waals surface area contributed by atoms with E-state index >= 15 is 0 Å². The van der Waals surface area contributed by atoms with Crippen molar-refractivity contribution >= 4 is 55.8 Å². The summed E-state index contributed by atoms with van der Waals surface area (Å²) in [4.78, 5) is 21.1. The highest BCUT2D eigenvalue weighted by Crippen LogP contribution is 2.33. The highest BCUT2D eigenvalue weighted by Gasteiger charge is 2.24. The number of anilines is 1. The number of nitrogens with zero attached hydrogens (tertiary/aromatic N) is 3. The fourth-order valence-corrected chi connectivity index (χ4v) is 4.45. The highest BCUT2D eigenvalue weighted by atomic mass is 35.5. The molecule has 0 N–H and O–H groups in total. The van der Waals surface area contributed by atoms with Crippen LogP contribution in [-0.4, -0.2) is 42.0 Å². The number of likely N-dealkylation sites (N-methyl/N-ethyl adjacent to an activating group) is 1. The topological polar surface area (TPSA) is 36.4 Å². The van der Waals surface area contributed by atoms with Crippen molar-refractivity contribution < 1.29 is 13.6 Å². The van der Waals surface area contributed by atoms with Gasteiger partial charge in [0.25, 0.3) is 5.91 Å². The third-order valence-corrected chi connectivity index (χ3v) is 6.15. The molecule has 0 aliphatic carbocycles. The Bertz CT molecular complexity index is 1040. The number of aromatic nitrogens is 1. The molecule has 0 bridgehead atoms. The maximum atomic E-state index is 14.1. The summed E-state index contributed by atoms with van der Waals surface area (Å²) < 4.78 is 28.1. The van der Waals surface area contributed by atoms with Gasteiger partial charge < -0.3 is 4.90 Å². The van der Waals surface area contributed by atoms with E-state index in [0.29, 0.717) is 22.8 Å². The molecule has 3 aromatic rings. The molecule has 9 heteroatoms. The van der Waals surface area contributed by atoms with E-state index < -0.39 is 11.6 Å². The predicted molar refractivity (Wildman–Crippen MR) is 115 cm³/mol. The van der Waals surface area contributed by atoms with Gasteiger partial charge in [-0.15, -0.1) is 0 Å². The number of carbonyl (C=O) groups is 1. The summed E-state index contributed by atoms with van der Waals surface area (Å²) >= 11 is 13.2. The molecule has 0 atom stereocenters. The van der Waals surface area contributed by atoms with Crippen molar-refractivity contribution in [1.82, 2.24) is 9.88 Å². The first-order valence-corrected chi connectivity index (χ1v) is 10.7. The predicted octanol–water partition coefficient (Wildman–Crippen LogP) is 5.87. The van der Waals surface area contributed by atoms with E-state index in [1.807, 2.05) is 13.8 Å². The highest BCUT2D eigenvalue weighted by molar-refractivity contribution is 7.22. The van der Waals surface area contributed by atoms with E-state index in [4.69, 9.17) is 23.2 Å². The van der Waals surface area contributed by atoms with Crippen molar-refractivity contribution in [2.45, 2.75) is 13.8 Å². The zero-order chi connectivity index (χ0) is 21.1. The molecule has 0 unspecified atom stereocenters. The van der Waals surface area contributed by atoms with E-state index in [9.17, 15) is 13.6 Å². The number of amides is 1. The standard InChI is InChI=1S/C20H19Cl2F2N3OS/c1-3-26(4-2)7-8-27(19(28)14-6-5-12(21)9-15(14)22)20-25-18-16(24)10-13(23)11-17(18)29-20/h5-6,9-11H,3-4,7-8H2,1-2H3. The van der Waals surface area contributed by atoms with Crippen LogP contribution in [0.2, 0.25) is 10.0 Å². The quantitative estimate of drug-likeness (QED) is 0.445. The third kappa shape index (κ3) is 4.86. The summed E-state index contributed by atoms with van der Waals surface area (Å²) in [6, 6.07) is 6.61. The summed E-state index contributed by atoms with van der Waals surface area (Å²) in [6.07, 6.45) is 0. The maximum absolute atomic E-state index is 14.1. The van der Waals surface area contributed by atoms with Gasteiger partial charge in [0.1, 0.15) is 11.3 Å². The van der Waals surface area contributed by atoms with Crippen LogP contribution >= 0.6 is 34.5 Å². The Labute approximate surface area is 181 Å². The summed E-state index contributed by atoms with van der Waals surface area (Å²) in [5.74, 6) is -1.83. The largest absolute Gasteiger partial charge is 0.302 e. The molecule has 3 rings (SSSR count). The molecule has 0 radical (unpaired) electrons. The molecule has 0 fully saturated rings. The summed E-state index contributed by atoms with van der Waals surface area (Å²) in [6.45, 7) is 6.61. The van der Waals surface area contributed by atoms with Crippen molar-refractivity contribution in [3.63, 3.8) is 0 Å². The first-order valence-electron chi connectivity index (χ1n) is 9.08. The van der Waals surface area contributed by atoms with E-state index in [1.54, 1.807) is 12.1 Å². The number of fused-ring (bicyclic) bond motifs is 1. The van der Waals surface area contributed by atoms with Crippen LogP contribution in [0.4, 0.5) is 13.9 Å². The summed E-state index contributed by atoms with van der Waals surface area (Å²) in [5, 5.41) is 0.917. The molecule has 1 heterocycles. The number of halogens is 4. The minimum atomic E-state index is -0.761. The molecule has 0 aliphatic heterocycles. The number of thiazole rings is 1. The van der Waals surface area contributed by atoms with Crippen LogP contribution < -0.4 is 4.90 Å². The first kappa shape index (κ1) is 21.9. The zero-order valence-corrected chi connectivity index (χ0v) is 18.2. The maximum Gasteiger partial charge on any atom is 0.261 e. The molecule has 0 spiro atoms. The molecule has 2 aromatic carbocycles. The molecule has 0 saturated heterocycles. The van der Waals surface area contributed by atoms with Crippen LogP contribution in [0.25, 0.3) is 10.2 Å². The molecule has 0 saturated carbocycles. The lowest BCUT2D eigenvalue weighted by atomic mass is 10.2. The first-order chi connectivity index (χ1) is 13.8. The van der Waals surface area contributed by atoms with Gasteiger partial charge in [0.05, 0.1) is 15.3 Å². The molecule has 154 valence electrons. The van der Waals surface area contributed by atoms with Crippen LogP contribution in [0.1, 0.15) is 24.2 Å². The molecule has 0 aliphatic rings. The Hall–Kier alpha value is -1.80. The monoisotopic (exact) mass is 457 g/mol. The lowest BCUT2D eigenvalue weighted by Crippen LogP contribution is -2.39. The van der Waals surface area contributed by atoms with Gasteiger partial charge >= 0.3 is 0 Å². The van der Waals surface area contributed by atoms with Gasteiger partial charge in [-0.25, -0.2) is 13.8 Å².